The van der Waals surface area contributed by atoms with Crippen LogP contribution < -0.4 is 0 Å². The van der Waals surface area contributed by atoms with E-state index in [1.807, 2.05) is 24.5 Å². The Kier molecular flexibility index (Phi) is 3.64. The summed E-state index contributed by atoms with van der Waals surface area (Å²) in [5, 5.41) is 0. The summed E-state index contributed by atoms with van der Waals surface area (Å²) in [6.07, 6.45) is 3.75. The van der Waals surface area contributed by atoms with Crippen LogP contribution in [0.25, 0.3) is 0 Å². The minimum absolute atomic E-state index is 0.178. The molecule has 0 bridgehead atoms. The Labute approximate surface area is 70.9 Å². The van der Waals surface area contributed by atoms with E-state index in [1.165, 1.54) is 12.1 Å². The second kappa shape index (κ2) is 5.13. The van der Waals surface area contributed by atoms with Crippen LogP contribution >= 0.6 is 0 Å². The molecule has 1 aromatic carbocycles. The smallest absolute Gasteiger partial charge is 0.123 e. The summed E-state index contributed by atoms with van der Waals surface area (Å²) < 4.78 is 11.9. The van der Waals surface area contributed by atoms with Gasteiger partial charge in [-0.1, -0.05) is 18.2 Å². The Balaban J connectivity index is 0.000000127. The topological polar surface area (TPSA) is 15.8 Å². The average Bonchev–Trinajstić information content (AvgIpc) is 2.62. The molecule has 0 aliphatic carbocycles. The molecule has 2 heteroatoms. The van der Waals surface area contributed by atoms with Crippen LogP contribution in [0, 0.1) is 5.82 Å². The first-order valence-electron chi connectivity index (χ1n) is 3.68. The summed E-state index contributed by atoms with van der Waals surface area (Å²) in [4.78, 5) is 2.86. The Morgan fingerprint density at radius 3 is 1.67 bits per heavy atom. The molecule has 0 aliphatic rings. The van der Waals surface area contributed by atoms with Crippen molar-refractivity contribution in [1.82, 2.24) is 4.98 Å². The molecule has 0 aliphatic heterocycles. The molecule has 2 aromatic rings. The molecule has 1 N–H and O–H groups in total. The zero-order valence-corrected chi connectivity index (χ0v) is 6.57. The molecular weight excluding hydrogens is 153 g/mol. The van der Waals surface area contributed by atoms with Crippen molar-refractivity contribution < 1.29 is 4.39 Å². The van der Waals surface area contributed by atoms with E-state index in [-0.39, 0.29) is 5.82 Å². The first-order valence-corrected chi connectivity index (χ1v) is 3.68. The standard InChI is InChI=1S/C6H5F.C4H5N/c7-6-4-2-1-3-5-6;1-2-4-5-3-1/h1-5H;1-5H. The van der Waals surface area contributed by atoms with Gasteiger partial charge in [0.1, 0.15) is 5.82 Å². The third kappa shape index (κ3) is 3.56. The second-order valence-corrected chi connectivity index (χ2v) is 2.18. The average molecular weight is 163 g/mol. The van der Waals surface area contributed by atoms with Crippen molar-refractivity contribution in [2.45, 2.75) is 0 Å². The molecule has 62 valence electrons. The van der Waals surface area contributed by atoms with Gasteiger partial charge in [0.15, 0.2) is 0 Å². The van der Waals surface area contributed by atoms with Gasteiger partial charge in [-0.05, 0) is 24.3 Å². The maximum atomic E-state index is 11.9. The molecule has 1 aromatic heterocycles. The molecular formula is C10H10FN. The van der Waals surface area contributed by atoms with Crippen LogP contribution in [0.2, 0.25) is 0 Å². The fourth-order valence-corrected chi connectivity index (χ4v) is 0.692. The lowest BCUT2D eigenvalue weighted by Gasteiger charge is -1.78. The molecule has 0 unspecified atom stereocenters. The van der Waals surface area contributed by atoms with Gasteiger partial charge in [0, 0.05) is 12.4 Å². The minimum atomic E-state index is -0.178. The van der Waals surface area contributed by atoms with Crippen molar-refractivity contribution in [3.05, 3.63) is 60.7 Å². The molecule has 0 saturated heterocycles. The van der Waals surface area contributed by atoms with Crippen molar-refractivity contribution in [2.75, 3.05) is 0 Å². The largest absolute Gasteiger partial charge is 0.368 e. The Hall–Kier alpha value is -1.57. The van der Waals surface area contributed by atoms with Crippen LogP contribution in [0.15, 0.2) is 54.9 Å². The SMILES string of the molecule is Fc1ccccc1.c1cc[nH]c1. The van der Waals surface area contributed by atoms with Gasteiger partial charge >= 0.3 is 0 Å². The molecule has 12 heavy (non-hydrogen) atoms. The molecule has 0 amide bonds. The van der Waals surface area contributed by atoms with E-state index in [2.05, 4.69) is 4.98 Å². The quantitative estimate of drug-likeness (QED) is 0.614. The summed E-state index contributed by atoms with van der Waals surface area (Å²) >= 11 is 0. The first kappa shape index (κ1) is 8.53. The van der Waals surface area contributed by atoms with Gasteiger partial charge in [-0.2, -0.15) is 0 Å². The van der Waals surface area contributed by atoms with Gasteiger partial charge < -0.3 is 4.98 Å². The molecule has 0 radical (unpaired) electrons. The van der Waals surface area contributed by atoms with Crippen molar-refractivity contribution in [3.63, 3.8) is 0 Å². The van der Waals surface area contributed by atoms with Crippen LogP contribution in [0.3, 0.4) is 0 Å². The third-order valence-electron chi connectivity index (χ3n) is 1.23. The summed E-state index contributed by atoms with van der Waals surface area (Å²) in [5.41, 5.74) is 0. The van der Waals surface area contributed by atoms with Crippen molar-refractivity contribution in [1.29, 1.82) is 0 Å². The lowest BCUT2D eigenvalue weighted by atomic mass is 10.4. The molecule has 1 nitrogen and oxygen atoms in total. The van der Waals surface area contributed by atoms with Crippen LogP contribution in [0.4, 0.5) is 4.39 Å². The van der Waals surface area contributed by atoms with Gasteiger partial charge in [-0.25, -0.2) is 4.39 Å². The fourth-order valence-electron chi connectivity index (χ4n) is 0.692. The first-order chi connectivity index (χ1) is 5.89. The summed E-state index contributed by atoms with van der Waals surface area (Å²) in [7, 11) is 0. The van der Waals surface area contributed by atoms with Gasteiger partial charge in [-0.15, -0.1) is 0 Å². The second-order valence-electron chi connectivity index (χ2n) is 2.18. The van der Waals surface area contributed by atoms with Crippen molar-refractivity contribution >= 4 is 0 Å². The van der Waals surface area contributed by atoms with Crippen LogP contribution in [0.1, 0.15) is 0 Å². The lowest BCUT2D eigenvalue weighted by Crippen LogP contribution is -1.63. The molecule has 0 fully saturated rings. The number of halogens is 1. The summed E-state index contributed by atoms with van der Waals surface area (Å²) in [6.45, 7) is 0. The molecule has 1 heterocycles. The normalized spacial score (nSPS) is 8.42. The van der Waals surface area contributed by atoms with Gasteiger partial charge in [-0.3, -0.25) is 0 Å². The van der Waals surface area contributed by atoms with Gasteiger partial charge in [0.05, 0.1) is 0 Å². The minimum Gasteiger partial charge on any atom is -0.368 e. The lowest BCUT2D eigenvalue weighted by molar-refractivity contribution is 0.628. The third-order valence-corrected chi connectivity index (χ3v) is 1.23. The maximum absolute atomic E-state index is 11.9. The van der Waals surface area contributed by atoms with Crippen LogP contribution in [-0.2, 0) is 0 Å². The molecule has 2 rings (SSSR count). The fraction of sp³-hybridized carbons (Fsp3) is 0. The number of aromatic nitrogens is 1. The zero-order valence-electron chi connectivity index (χ0n) is 6.57. The zero-order chi connectivity index (χ0) is 8.65. The van der Waals surface area contributed by atoms with Crippen LogP contribution in [0.5, 0.6) is 0 Å². The van der Waals surface area contributed by atoms with Gasteiger partial charge in [0.25, 0.3) is 0 Å². The van der Waals surface area contributed by atoms with Gasteiger partial charge in [0.2, 0.25) is 0 Å². The number of rotatable bonds is 0. The molecule has 0 atom stereocenters. The Bertz CT molecular complexity index is 259. The van der Waals surface area contributed by atoms with Crippen LogP contribution in [-0.4, -0.2) is 4.98 Å². The highest BCUT2D eigenvalue weighted by Gasteiger charge is 1.77. The molecule has 0 spiro atoms. The highest BCUT2D eigenvalue weighted by molar-refractivity contribution is 5.02. The summed E-state index contributed by atoms with van der Waals surface area (Å²) in [6, 6.07) is 11.8. The number of benzene rings is 1. The maximum Gasteiger partial charge on any atom is 0.123 e. The van der Waals surface area contributed by atoms with E-state index in [0.717, 1.165) is 0 Å². The van der Waals surface area contributed by atoms with E-state index >= 15 is 0 Å². The number of aromatic amines is 1. The Morgan fingerprint density at radius 2 is 1.42 bits per heavy atom. The van der Waals surface area contributed by atoms with E-state index in [1.54, 1.807) is 18.2 Å². The van der Waals surface area contributed by atoms with E-state index in [4.69, 9.17) is 0 Å². The monoisotopic (exact) mass is 163 g/mol. The van der Waals surface area contributed by atoms with Crippen molar-refractivity contribution in [3.8, 4) is 0 Å². The van der Waals surface area contributed by atoms with Crippen molar-refractivity contribution in [2.24, 2.45) is 0 Å². The highest BCUT2D eigenvalue weighted by atomic mass is 19.1. The number of hydrogen-bond donors (Lipinski definition) is 1. The van der Waals surface area contributed by atoms with E-state index in [9.17, 15) is 4.39 Å². The van der Waals surface area contributed by atoms with E-state index < -0.39 is 0 Å². The Morgan fingerprint density at radius 1 is 0.833 bits per heavy atom. The number of hydrogen-bond acceptors (Lipinski definition) is 0. The predicted octanol–water partition coefficient (Wildman–Crippen LogP) is 2.84. The number of nitrogens with one attached hydrogen (secondary N) is 1. The summed E-state index contributed by atoms with van der Waals surface area (Å²) in [5.74, 6) is -0.178. The predicted molar refractivity (Wildman–Crippen MR) is 47.2 cm³/mol. The van der Waals surface area contributed by atoms with E-state index in [0.29, 0.717) is 0 Å². The number of H-pyrrole nitrogens is 1. The highest BCUT2D eigenvalue weighted by Crippen LogP contribution is 1.91. The molecule has 0 saturated carbocycles.